The molecule has 0 heterocycles. The first-order chi connectivity index (χ1) is 8.15. The largest absolute Gasteiger partial charge is 0.352 e. The van der Waals surface area contributed by atoms with Gasteiger partial charge in [0.25, 0.3) is 0 Å². The predicted octanol–water partition coefficient (Wildman–Crippen LogP) is 1.69. The molecule has 94 valence electrons. The van der Waals surface area contributed by atoms with E-state index in [1.54, 1.807) is 18.2 Å². The summed E-state index contributed by atoms with van der Waals surface area (Å²) in [7, 11) is 0. The Kier molecular flexibility index (Phi) is 5.63. The van der Waals surface area contributed by atoms with Crippen LogP contribution in [0.5, 0.6) is 0 Å². The summed E-state index contributed by atoms with van der Waals surface area (Å²) in [4.78, 5) is 11.7. The summed E-state index contributed by atoms with van der Waals surface area (Å²) in [5.74, 6) is -0.455. The average Bonchev–Trinajstić information content (AvgIpc) is 2.34. The Morgan fingerprint density at radius 2 is 2.12 bits per heavy atom. The van der Waals surface area contributed by atoms with E-state index in [4.69, 9.17) is 0 Å². The molecule has 3 nitrogen and oxygen atoms in total. The summed E-state index contributed by atoms with van der Waals surface area (Å²) >= 11 is 0. The monoisotopic (exact) mass is 238 g/mol. The van der Waals surface area contributed by atoms with Crippen LogP contribution in [0.4, 0.5) is 4.39 Å². The van der Waals surface area contributed by atoms with Crippen LogP contribution in [0.3, 0.4) is 0 Å². The maximum Gasteiger partial charge on any atom is 0.224 e. The fourth-order valence-electron chi connectivity index (χ4n) is 1.45. The fraction of sp³-hybridized carbons (Fsp3) is 0.462. The first-order valence-corrected chi connectivity index (χ1v) is 5.87. The second kappa shape index (κ2) is 7.01. The van der Waals surface area contributed by atoms with Crippen molar-refractivity contribution in [1.29, 1.82) is 0 Å². The number of nitrogens with one attached hydrogen (secondary N) is 2. The van der Waals surface area contributed by atoms with E-state index in [2.05, 4.69) is 10.6 Å². The number of rotatable bonds is 6. The number of amides is 1. The van der Waals surface area contributed by atoms with Crippen LogP contribution >= 0.6 is 0 Å². The highest BCUT2D eigenvalue weighted by Crippen LogP contribution is 2.05. The molecule has 1 aromatic rings. The Hall–Kier alpha value is -1.42. The van der Waals surface area contributed by atoms with E-state index in [-0.39, 0.29) is 24.2 Å². The van der Waals surface area contributed by atoms with Crippen LogP contribution in [0.15, 0.2) is 24.3 Å². The molecule has 0 aromatic heterocycles. The third-order valence-electron chi connectivity index (χ3n) is 2.56. The van der Waals surface area contributed by atoms with Crippen LogP contribution in [-0.4, -0.2) is 19.0 Å². The van der Waals surface area contributed by atoms with E-state index in [1.807, 2.05) is 13.8 Å². The van der Waals surface area contributed by atoms with Crippen molar-refractivity contribution < 1.29 is 9.18 Å². The van der Waals surface area contributed by atoms with Crippen molar-refractivity contribution in [1.82, 2.24) is 10.6 Å². The van der Waals surface area contributed by atoms with Crippen molar-refractivity contribution in [3.05, 3.63) is 35.6 Å². The molecule has 0 fully saturated rings. The molecule has 1 unspecified atom stereocenters. The lowest BCUT2D eigenvalue weighted by Crippen LogP contribution is -2.35. The molecule has 1 atom stereocenters. The van der Waals surface area contributed by atoms with Crippen molar-refractivity contribution in [3.8, 4) is 0 Å². The van der Waals surface area contributed by atoms with Crippen molar-refractivity contribution in [2.45, 2.75) is 20.4 Å². The molecular weight excluding hydrogens is 219 g/mol. The van der Waals surface area contributed by atoms with Crippen LogP contribution in [0, 0.1) is 11.7 Å². The molecule has 0 aliphatic carbocycles. The van der Waals surface area contributed by atoms with Crippen molar-refractivity contribution in [3.63, 3.8) is 0 Å². The minimum absolute atomic E-state index is 0.0609. The highest BCUT2D eigenvalue weighted by molar-refractivity contribution is 5.78. The minimum atomic E-state index is -0.285. The molecule has 0 saturated carbocycles. The van der Waals surface area contributed by atoms with Crippen LogP contribution < -0.4 is 10.6 Å². The molecule has 17 heavy (non-hydrogen) atoms. The van der Waals surface area contributed by atoms with E-state index in [1.165, 1.54) is 6.07 Å². The molecule has 0 aliphatic rings. The summed E-state index contributed by atoms with van der Waals surface area (Å²) in [5, 5.41) is 5.83. The molecule has 1 rings (SSSR count). The Labute approximate surface area is 101 Å². The van der Waals surface area contributed by atoms with Gasteiger partial charge in [0.1, 0.15) is 5.82 Å². The first kappa shape index (κ1) is 13.6. The second-order valence-electron chi connectivity index (χ2n) is 4.02. The topological polar surface area (TPSA) is 41.1 Å². The molecule has 4 heteroatoms. The summed E-state index contributed by atoms with van der Waals surface area (Å²) in [6.45, 7) is 5.55. The van der Waals surface area contributed by atoms with Crippen molar-refractivity contribution in [2.24, 2.45) is 5.92 Å². The Balaban J connectivity index is 2.40. The Morgan fingerprint density at radius 1 is 1.41 bits per heavy atom. The predicted molar refractivity (Wildman–Crippen MR) is 66.0 cm³/mol. The minimum Gasteiger partial charge on any atom is -0.352 e. The van der Waals surface area contributed by atoms with Gasteiger partial charge in [-0.05, 0) is 12.6 Å². The standard InChI is InChI=1S/C13H19FN2O/c1-3-15-8-10(2)13(17)16-9-11-6-4-5-7-12(11)14/h4-7,10,15H,3,8-9H2,1-2H3,(H,16,17). The average molecular weight is 238 g/mol. The van der Waals surface area contributed by atoms with E-state index < -0.39 is 0 Å². The van der Waals surface area contributed by atoms with Gasteiger partial charge in [0.05, 0.1) is 0 Å². The molecular formula is C13H19FN2O. The Bertz CT molecular complexity index is 368. The van der Waals surface area contributed by atoms with Gasteiger partial charge in [-0.1, -0.05) is 32.0 Å². The maximum atomic E-state index is 13.3. The lowest BCUT2D eigenvalue weighted by atomic mass is 10.1. The number of hydrogen-bond donors (Lipinski definition) is 2. The summed E-state index contributed by atoms with van der Waals surface area (Å²) in [6, 6.07) is 6.45. The Morgan fingerprint density at radius 3 is 2.76 bits per heavy atom. The zero-order valence-electron chi connectivity index (χ0n) is 10.3. The molecule has 0 spiro atoms. The van der Waals surface area contributed by atoms with Gasteiger partial charge < -0.3 is 10.6 Å². The fourth-order valence-corrected chi connectivity index (χ4v) is 1.45. The lowest BCUT2D eigenvalue weighted by molar-refractivity contribution is -0.124. The van der Waals surface area contributed by atoms with Crippen LogP contribution in [0.25, 0.3) is 0 Å². The van der Waals surface area contributed by atoms with Gasteiger partial charge in [0.2, 0.25) is 5.91 Å². The highest BCUT2D eigenvalue weighted by atomic mass is 19.1. The van der Waals surface area contributed by atoms with Gasteiger partial charge in [-0.2, -0.15) is 0 Å². The van der Waals surface area contributed by atoms with E-state index in [9.17, 15) is 9.18 Å². The van der Waals surface area contributed by atoms with E-state index in [0.29, 0.717) is 12.1 Å². The second-order valence-corrected chi connectivity index (χ2v) is 4.02. The molecule has 0 aliphatic heterocycles. The highest BCUT2D eigenvalue weighted by Gasteiger charge is 2.12. The third-order valence-corrected chi connectivity index (χ3v) is 2.56. The number of benzene rings is 1. The molecule has 0 saturated heterocycles. The smallest absolute Gasteiger partial charge is 0.224 e. The number of carbonyl (C=O) groups is 1. The van der Waals surface area contributed by atoms with Crippen molar-refractivity contribution in [2.75, 3.05) is 13.1 Å². The molecule has 0 radical (unpaired) electrons. The van der Waals surface area contributed by atoms with Gasteiger partial charge in [-0.3, -0.25) is 4.79 Å². The quantitative estimate of drug-likeness (QED) is 0.792. The normalized spacial score (nSPS) is 12.2. The molecule has 1 amide bonds. The van der Waals surface area contributed by atoms with Crippen LogP contribution in [0.2, 0.25) is 0 Å². The molecule has 0 bridgehead atoms. The summed E-state index contributed by atoms with van der Waals surface area (Å²) in [5.41, 5.74) is 0.511. The summed E-state index contributed by atoms with van der Waals surface area (Å²) < 4.78 is 13.3. The van der Waals surface area contributed by atoms with E-state index >= 15 is 0 Å². The molecule has 1 aromatic carbocycles. The maximum absolute atomic E-state index is 13.3. The van der Waals surface area contributed by atoms with Gasteiger partial charge in [-0.15, -0.1) is 0 Å². The summed E-state index contributed by atoms with van der Waals surface area (Å²) in [6.07, 6.45) is 0. The van der Waals surface area contributed by atoms with Gasteiger partial charge in [-0.25, -0.2) is 4.39 Å². The first-order valence-electron chi connectivity index (χ1n) is 5.87. The number of carbonyl (C=O) groups excluding carboxylic acids is 1. The zero-order valence-corrected chi connectivity index (χ0v) is 10.3. The SMILES string of the molecule is CCNCC(C)C(=O)NCc1ccccc1F. The molecule has 2 N–H and O–H groups in total. The van der Waals surface area contributed by atoms with Gasteiger partial charge >= 0.3 is 0 Å². The van der Waals surface area contributed by atoms with Crippen LogP contribution in [-0.2, 0) is 11.3 Å². The van der Waals surface area contributed by atoms with Crippen LogP contribution in [0.1, 0.15) is 19.4 Å². The number of halogens is 1. The van der Waals surface area contributed by atoms with E-state index in [0.717, 1.165) is 6.54 Å². The van der Waals surface area contributed by atoms with Gasteiger partial charge in [0, 0.05) is 24.6 Å². The zero-order chi connectivity index (χ0) is 12.7. The van der Waals surface area contributed by atoms with Crippen molar-refractivity contribution >= 4 is 5.91 Å². The lowest BCUT2D eigenvalue weighted by Gasteiger charge is -2.12. The number of hydrogen-bond acceptors (Lipinski definition) is 2. The third kappa shape index (κ3) is 4.53. The van der Waals surface area contributed by atoms with Gasteiger partial charge in [0.15, 0.2) is 0 Å².